The molecule has 0 rings (SSSR count). The summed E-state index contributed by atoms with van der Waals surface area (Å²) in [4.78, 5) is 23.3. The fourth-order valence-electron chi connectivity index (χ4n) is 4.03. The fraction of sp³-hybridized carbons (Fsp3) is 0.962. The maximum atomic E-state index is 12.0. The summed E-state index contributed by atoms with van der Waals surface area (Å²) >= 11 is 0. The van der Waals surface area contributed by atoms with Gasteiger partial charge in [-0.05, 0) is 33.4 Å². The molecule has 0 bridgehead atoms. The summed E-state index contributed by atoms with van der Waals surface area (Å²) in [6.45, 7) is 4.60. The Morgan fingerprint density at radius 2 is 1.27 bits per heavy atom. The van der Waals surface area contributed by atoms with Crippen LogP contribution in [0.1, 0.15) is 123 Å². The van der Waals surface area contributed by atoms with Crippen LogP contribution in [0.25, 0.3) is 0 Å². The van der Waals surface area contributed by atoms with Crippen LogP contribution in [-0.4, -0.2) is 49.4 Å². The average molecular weight is 492 g/mol. The molecule has 0 aliphatic carbocycles. The topological polar surface area (TPSA) is 76.1 Å². The maximum Gasteiger partial charge on any atom is 0.472 e. The summed E-state index contributed by atoms with van der Waals surface area (Å²) in [7, 11) is -0.323. The molecule has 0 radical (unpaired) electrons. The minimum absolute atomic E-state index is 0.0256. The summed E-state index contributed by atoms with van der Waals surface area (Å²) in [6.07, 6.45) is 21.0. The van der Waals surface area contributed by atoms with Crippen LogP contribution in [-0.2, 0) is 18.4 Å². The summed E-state index contributed by atoms with van der Waals surface area (Å²) in [6, 6.07) is 0. The SMILES string of the molecule is CCCCCCCCCCCCCCCCCC(COP(=O)(O)OCCN(C)C)CC(C)=O. The van der Waals surface area contributed by atoms with Crippen LogP contribution in [0.15, 0.2) is 0 Å². The first kappa shape index (κ1) is 32.7. The van der Waals surface area contributed by atoms with Crippen molar-refractivity contribution in [1.82, 2.24) is 4.90 Å². The first-order chi connectivity index (χ1) is 15.8. The Bertz CT molecular complexity index is 501. The van der Waals surface area contributed by atoms with Crippen molar-refractivity contribution < 1.29 is 23.3 Å². The molecule has 1 N–H and O–H groups in total. The van der Waals surface area contributed by atoms with E-state index >= 15 is 0 Å². The minimum Gasteiger partial charge on any atom is -0.307 e. The van der Waals surface area contributed by atoms with Crippen molar-refractivity contribution in [1.29, 1.82) is 0 Å². The highest BCUT2D eigenvalue weighted by atomic mass is 31.2. The van der Waals surface area contributed by atoms with E-state index in [9.17, 15) is 14.3 Å². The Morgan fingerprint density at radius 1 is 0.818 bits per heavy atom. The number of carbonyl (C=O) groups excluding carboxylic acids is 1. The molecule has 0 fully saturated rings. The van der Waals surface area contributed by atoms with Gasteiger partial charge in [-0.1, -0.05) is 103 Å². The van der Waals surface area contributed by atoms with Gasteiger partial charge in [0.2, 0.25) is 0 Å². The number of hydrogen-bond donors (Lipinski definition) is 1. The lowest BCUT2D eigenvalue weighted by molar-refractivity contribution is -0.118. The number of phosphoric ester groups is 1. The normalized spacial score (nSPS) is 14.5. The third-order valence-corrected chi connectivity index (χ3v) is 7.04. The Hall–Kier alpha value is -0.260. The zero-order valence-electron chi connectivity index (χ0n) is 22.2. The molecule has 2 atom stereocenters. The largest absolute Gasteiger partial charge is 0.472 e. The number of ketones is 1. The monoisotopic (exact) mass is 491 g/mol. The lowest BCUT2D eigenvalue weighted by Crippen LogP contribution is -2.18. The van der Waals surface area contributed by atoms with E-state index in [1.54, 1.807) is 6.92 Å². The van der Waals surface area contributed by atoms with Gasteiger partial charge in [0, 0.05) is 13.0 Å². The van der Waals surface area contributed by atoms with Gasteiger partial charge in [-0.25, -0.2) is 4.57 Å². The highest BCUT2D eigenvalue weighted by Gasteiger charge is 2.23. The highest BCUT2D eigenvalue weighted by Crippen LogP contribution is 2.43. The smallest absolute Gasteiger partial charge is 0.307 e. The first-order valence-corrected chi connectivity index (χ1v) is 15.0. The molecule has 0 aliphatic heterocycles. The van der Waals surface area contributed by atoms with Gasteiger partial charge in [-0.3, -0.25) is 9.05 Å². The van der Waals surface area contributed by atoms with Crippen LogP contribution in [0, 0.1) is 5.92 Å². The molecule has 0 aromatic rings. The highest BCUT2D eigenvalue weighted by molar-refractivity contribution is 7.47. The molecular weight excluding hydrogens is 437 g/mol. The lowest BCUT2D eigenvalue weighted by atomic mass is 9.96. The minimum atomic E-state index is -4.06. The van der Waals surface area contributed by atoms with E-state index < -0.39 is 7.82 Å². The third-order valence-electron chi connectivity index (χ3n) is 6.06. The number of carbonyl (C=O) groups is 1. The predicted molar refractivity (Wildman–Crippen MR) is 139 cm³/mol. The van der Waals surface area contributed by atoms with Crippen molar-refractivity contribution in [3.63, 3.8) is 0 Å². The van der Waals surface area contributed by atoms with Gasteiger partial charge >= 0.3 is 7.82 Å². The number of Topliss-reactive ketones (excluding diaryl/α,β-unsaturated/α-hetero) is 1. The lowest BCUT2D eigenvalue weighted by Gasteiger charge is -2.19. The van der Waals surface area contributed by atoms with Gasteiger partial charge in [-0.15, -0.1) is 0 Å². The molecule has 0 amide bonds. The van der Waals surface area contributed by atoms with Crippen LogP contribution in [0.2, 0.25) is 0 Å². The van der Waals surface area contributed by atoms with Gasteiger partial charge < -0.3 is 14.6 Å². The Kier molecular flexibility index (Phi) is 22.0. The second-order valence-corrected chi connectivity index (χ2v) is 11.4. The number of likely N-dealkylation sites (N-methyl/N-ethyl adjacent to an activating group) is 1. The number of rotatable bonds is 25. The Morgan fingerprint density at radius 3 is 1.70 bits per heavy atom. The van der Waals surface area contributed by atoms with Crippen LogP contribution in [0.4, 0.5) is 0 Å². The van der Waals surface area contributed by atoms with Gasteiger partial charge in [0.05, 0.1) is 13.2 Å². The second kappa shape index (κ2) is 22.2. The molecule has 0 heterocycles. The number of hydrogen-bond acceptors (Lipinski definition) is 5. The molecule has 0 saturated carbocycles. The van der Waals surface area contributed by atoms with Crippen molar-refractivity contribution in [2.24, 2.45) is 5.92 Å². The zero-order chi connectivity index (χ0) is 24.8. The summed E-state index contributed by atoms with van der Waals surface area (Å²) in [5.74, 6) is 0.0632. The number of phosphoric acid groups is 1. The molecule has 198 valence electrons. The van der Waals surface area contributed by atoms with E-state index in [4.69, 9.17) is 9.05 Å². The maximum absolute atomic E-state index is 12.0. The third kappa shape index (κ3) is 24.7. The quantitative estimate of drug-likeness (QED) is 0.105. The fourth-order valence-corrected chi connectivity index (χ4v) is 4.82. The summed E-state index contributed by atoms with van der Waals surface area (Å²) in [5.41, 5.74) is 0. The van der Waals surface area contributed by atoms with Crippen molar-refractivity contribution in [2.45, 2.75) is 123 Å². The van der Waals surface area contributed by atoms with Crippen molar-refractivity contribution >= 4 is 13.6 Å². The molecule has 0 aromatic carbocycles. The van der Waals surface area contributed by atoms with Gasteiger partial charge in [0.1, 0.15) is 5.78 Å². The van der Waals surface area contributed by atoms with E-state index in [0.29, 0.717) is 13.0 Å². The second-order valence-electron chi connectivity index (χ2n) is 9.91. The van der Waals surface area contributed by atoms with Crippen LogP contribution >= 0.6 is 7.82 Å². The number of nitrogens with zero attached hydrogens (tertiary/aromatic N) is 1. The summed E-state index contributed by atoms with van der Waals surface area (Å²) in [5, 5.41) is 0. The van der Waals surface area contributed by atoms with E-state index in [0.717, 1.165) is 19.3 Å². The molecule has 0 saturated heterocycles. The molecule has 7 heteroatoms. The zero-order valence-corrected chi connectivity index (χ0v) is 23.1. The molecular formula is C26H54NO5P. The summed E-state index contributed by atoms with van der Waals surface area (Å²) < 4.78 is 22.2. The average Bonchev–Trinajstić information content (AvgIpc) is 2.74. The van der Waals surface area contributed by atoms with E-state index in [-0.39, 0.29) is 24.9 Å². The van der Waals surface area contributed by atoms with Crippen LogP contribution in [0.5, 0.6) is 0 Å². The van der Waals surface area contributed by atoms with E-state index in [2.05, 4.69) is 6.92 Å². The van der Waals surface area contributed by atoms with Gasteiger partial charge in [0.25, 0.3) is 0 Å². The van der Waals surface area contributed by atoms with Crippen LogP contribution < -0.4 is 0 Å². The van der Waals surface area contributed by atoms with E-state index in [1.807, 2.05) is 19.0 Å². The van der Waals surface area contributed by atoms with Crippen molar-refractivity contribution in [2.75, 3.05) is 33.9 Å². The van der Waals surface area contributed by atoms with Crippen molar-refractivity contribution in [3.8, 4) is 0 Å². The van der Waals surface area contributed by atoms with Gasteiger partial charge in [-0.2, -0.15) is 0 Å². The van der Waals surface area contributed by atoms with Gasteiger partial charge in [0.15, 0.2) is 0 Å². The Balaban J connectivity index is 3.75. The molecule has 0 spiro atoms. The molecule has 6 nitrogen and oxygen atoms in total. The van der Waals surface area contributed by atoms with Crippen molar-refractivity contribution in [3.05, 3.63) is 0 Å². The molecule has 2 unspecified atom stereocenters. The standard InChI is InChI=1S/C26H54NO5P/c1-5-6-7-8-9-10-11-12-13-14-15-16-17-18-19-20-26(23-25(2)28)24-32-33(29,30)31-22-21-27(3)4/h26H,5-24H2,1-4H3,(H,29,30). The predicted octanol–water partition coefficient (Wildman–Crippen LogP) is 7.54. The molecule has 0 aliphatic rings. The Labute approximate surface area is 204 Å². The molecule has 33 heavy (non-hydrogen) atoms. The molecule has 0 aromatic heterocycles. The van der Waals surface area contributed by atoms with Crippen LogP contribution in [0.3, 0.4) is 0 Å². The van der Waals surface area contributed by atoms with E-state index in [1.165, 1.54) is 83.5 Å². The number of unbranched alkanes of at least 4 members (excludes halogenated alkanes) is 14. The first-order valence-electron chi connectivity index (χ1n) is 13.5.